The lowest BCUT2D eigenvalue weighted by atomic mass is 10.0. The summed E-state index contributed by atoms with van der Waals surface area (Å²) >= 11 is 1.42. The molecule has 0 spiro atoms. The van der Waals surface area contributed by atoms with Crippen molar-refractivity contribution in [1.29, 1.82) is 0 Å². The predicted molar refractivity (Wildman–Crippen MR) is 64.4 cm³/mol. The molecule has 0 amide bonds. The molecule has 1 fully saturated rings. The highest BCUT2D eigenvalue weighted by molar-refractivity contribution is 7.05. The number of hydrogen-bond donors (Lipinski definition) is 1. The van der Waals surface area contributed by atoms with E-state index in [9.17, 15) is 0 Å². The van der Waals surface area contributed by atoms with E-state index in [1.165, 1.54) is 24.4 Å². The molecule has 0 aliphatic carbocycles. The van der Waals surface area contributed by atoms with E-state index in [0.29, 0.717) is 6.10 Å². The number of aromatic nitrogens is 2. The molecule has 1 aliphatic heterocycles. The van der Waals surface area contributed by atoms with Gasteiger partial charge in [-0.3, -0.25) is 0 Å². The van der Waals surface area contributed by atoms with Gasteiger partial charge in [-0.05, 0) is 50.6 Å². The second kappa shape index (κ2) is 5.70. The summed E-state index contributed by atoms with van der Waals surface area (Å²) in [4.78, 5) is 1.13. The van der Waals surface area contributed by atoms with Crippen molar-refractivity contribution < 1.29 is 4.74 Å². The zero-order valence-corrected chi connectivity index (χ0v) is 10.5. The Morgan fingerprint density at radius 3 is 3.12 bits per heavy atom. The predicted octanol–water partition coefficient (Wildman–Crippen LogP) is 2.20. The Hall–Kier alpha value is -0.520. The monoisotopic (exact) mass is 241 g/mol. The summed E-state index contributed by atoms with van der Waals surface area (Å²) in [5.41, 5.74) is 7.10. The summed E-state index contributed by atoms with van der Waals surface area (Å²) in [6.45, 7) is 2.91. The van der Waals surface area contributed by atoms with E-state index >= 15 is 0 Å². The molecular formula is C11H19N3OS. The molecule has 1 aliphatic rings. The van der Waals surface area contributed by atoms with Crippen molar-refractivity contribution in [3.63, 3.8) is 0 Å². The summed E-state index contributed by atoms with van der Waals surface area (Å²) < 4.78 is 9.50. The van der Waals surface area contributed by atoms with Gasteiger partial charge in [-0.1, -0.05) is 4.49 Å². The molecule has 2 heterocycles. The Morgan fingerprint density at radius 1 is 1.62 bits per heavy atom. The third-order valence-electron chi connectivity index (χ3n) is 3.09. The van der Waals surface area contributed by atoms with Crippen molar-refractivity contribution in [1.82, 2.24) is 9.59 Å². The number of ether oxygens (including phenoxy) is 1. The van der Waals surface area contributed by atoms with Crippen LogP contribution in [0.3, 0.4) is 0 Å². The van der Waals surface area contributed by atoms with Crippen LogP contribution in [-0.2, 0) is 4.74 Å². The van der Waals surface area contributed by atoms with Gasteiger partial charge >= 0.3 is 0 Å². The van der Waals surface area contributed by atoms with Gasteiger partial charge in [-0.2, -0.15) is 0 Å². The first kappa shape index (κ1) is 12.0. The van der Waals surface area contributed by atoms with Crippen molar-refractivity contribution in [3.8, 4) is 0 Å². The molecule has 1 aromatic rings. The van der Waals surface area contributed by atoms with Gasteiger partial charge in [-0.15, -0.1) is 5.10 Å². The van der Waals surface area contributed by atoms with Crippen LogP contribution in [0.15, 0.2) is 0 Å². The lowest BCUT2D eigenvalue weighted by molar-refractivity contribution is 0.101. The van der Waals surface area contributed by atoms with Crippen LogP contribution in [0.5, 0.6) is 0 Å². The average Bonchev–Trinajstić information content (AvgIpc) is 2.88. The molecule has 2 atom stereocenters. The van der Waals surface area contributed by atoms with Gasteiger partial charge < -0.3 is 10.5 Å². The lowest BCUT2D eigenvalue weighted by Crippen LogP contribution is -2.12. The van der Waals surface area contributed by atoms with Crippen LogP contribution < -0.4 is 5.73 Å². The Morgan fingerprint density at radius 2 is 2.50 bits per heavy atom. The fourth-order valence-corrected chi connectivity index (χ4v) is 2.82. The van der Waals surface area contributed by atoms with E-state index in [-0.39, 0.29) is 6.04 Å². The maximum Gasteiger partial charge on any atom is 0.0772 e. The minimum Gasteiger partial charge on any atom is -0.378 e. The number of aryl methyl sites for hydroxylation is 1. The Bertz CT molecular complexity index is 323. The van der Waals surface area contributed by atoms with Crippen molar-refractivity contribution in [3.05, 3.63) is 10.6 Å². The topological polar surface area (TPSA) is 61.0 Å². The summed E-state index contributed by atoms with van der Waals surface area (Å²) in [5.74, 6) is 0. The molecule has 0 radical (unpaired) electrons. The Balaban J connectivity index is 1.71. The van der Waals surface area contributed by atoms with Gasteiger partial charge in [0.1, 0.15) is 0 Å². The zero-order chi connectivity index (χ0) is 11.4. The molecule has 0 aromatic carbocycles. The van der Waals surface area contributed by atoms with Gasteiger partial charge in [0.15, 0.2) is 0 Å². The van der Waals surface area contributed by atoms with Crippen LogP contribution in [0.25, 0.3) is 0 Å². The molecule has 2 unspecified atom stereocenters. The molecule has 4 nitrogen and oxygen atoms in total. The van der Waals surface area contributed by atoms with Crippen molar-refractivity contribution in [2.75, 3.05) is 6.61 Å². The van der Waals surface area contributed by atoms with E-state index in [2.05, 4.69) is 9.59 Å². The highest BCUT2D eigenvalue weighted by Gasteiger charge is 2.17. The third kappa shape index (κ3) is 2.99. The SMILES string of the molecule is Cc1nnsc1C(N)CCCC1CCCO1. The normalized spacial score (nSPS) is 22.5. The molecule has 2 rings (SSSR count). The fraction of sp³-hybridized carbons (Fsp3) is 0.818. The van der Waals surface area contributed by atoms with Crippen LogP contribution >= 0.6 is 11.5 Å². The quantitative estimate of drug-likeness (QED) is 0.858. The lowest BCUT2D eigenvalue weighted by Gasteiger charge is -2.12. The van der Waals surface area contributed by atoms with Gasteiger partial charge in [-0.25, -0.2) is 0 Å². The average molecular weight is 241 g/mol. The number of nitrogens with zero attached hydrogens (tertiary/aromatic N) is 2. The number of nitrogens with two attached hydrogens (primary N) is 1. The highest BCUT2D eigenvalue weighted by Crippen LogP contribution is 2.24. The maximum atomic E-state index is 6.11. The van der Waals surface area contributed by atoms with E-state index < -0.39 is 0 Å². The van der Waals surface area contributed by atoms with E-state index in [1.54, 1.807) is 0 Å². The molecule has 90 valence electrons. The molecule has 1 aromatic heterocycles. The minimum absolute atomic E-state index is 0.0985. The Labute approximate surface area is 100 Å². The largest absolute Gasteiger partial charge is 0.378 e. The van der Waals surface area contributed by atoms with Gasteiger partial charge in [0, 0.05) is 12.6 Å². The van der Waals surface area contributed by atoms with Crippen LogP contribution in [0.1, 0.15) is 48.7 Å². The minimum atomic E-state index is 0.0985. The second-order valence-corrected chi connectivity index (χ2v) is 5.18. The summed E-state index contributed by atoms with van der Waals surface area (Å²) in [7, 11) is 0. The van der Waals surface area contributed by atoms with Gasteiger partial charge in [0.25, 0.3) is 0 Å². The van der Waals surface area contributed by atoms with Gasteiger partial charge in [0.2, 0.25) is 0 Å². The zero-order valence-electron chi connectivity index (χ0n) is 9.69. The molecule has 2 N–H and O–H groups in total. The van der Waals surface area contributed by atoms with Crippen LogP contribution in [0.2, 0.25) is 0 Å². The summed E-state index contributed by atoms with van der Waals surface area (Å²) in [6.07, 6.45) is 6.19. The first-order valence-electron chi connectivity index (χ1n) is 5.93. The second-order valence-electron chi connectivity index (χ2n) is 4.40. The van der Waals surface area contributed by atoms with Crippen LogP contribution in [0, 0.1) is 6.92 Å². The van der Waals surface area contributed by atoms with Crippen molar-refractivity contribution >= 4 is 11.5 Å². The molecular weight excluding hydrogens is 222 g/mol. The Kier molecular flexibility index (Phi) is 4.26. The van der Waals surface area contributed by atoms with Gasteiger partial charge in [0.05, 0.1) is 16.7 Å². The first-order valence-corrected chi connectivity index (χ1v) is 6.70. The van der Waals surface area contributed by atoms with E-state index in [0.717, 1.165) is 36.4 Å². The van der Waals surface area contributed by atoms with Crippen molar-refractivity contribution in [2.45, 2.75) is 51.2 Å². The molecule has 0 saturated carbocycles. The number of rotatable bonds is 5. The van der Waals surface area contributed by atoms with Crippen LogP contribution in [-0.4, -0.2) is 22.3 Å². The molecule has 16 heavy (non-hydrogen) atoms. The standard InChI is InChI=1S/C11H19N3OS/c1-8-11(16-14-13-8)10(12)6-2-4-9-5-3-7-15-9/h9-10H,2-7,12H2,1H3. The first-order chi connectivity index (χ1) is 7.77. The van der Waals surface area contributed by atoms with E-state index in [4.69, 9.17) is 10.5 Å². The molecule has 1 saturated heterocycles. The van der Waals surface area contributed by atoms with Crippen molar-refractivity contribution in [2.24, 2.45) is 5.73 Å². The van der Waals surface area contributed by atoms with Crippen LogP contribution in [0.4, 0.5) is 0 Å². The highest BCUT2D eigenvalue weighted by atomic mass is 32.1. The molecule has 5 heteroatoms. The smallest absolute Gasteiger partial charge is 0.0772 e. The maximum absolute atomic E-state index is 6.11. The van der Waals surface area contributed by atoms with E-state index in [1.807, 2.05) is 6.92 Å². The third-order valence-corrected chi connectivity index (χ3v) is 4.05. The fourth-order valence-electron chi connectivity index (χ4n) is 2.15. The number of hydrogen-bond acceptors (Lipinski definition) is 5. The molecule has 0 bridgehead atoms. The summed E-state index contributed by atoms with van der Waals surface area (Å²) in [5, 5.41) is 3.99. The summed E-state index contributed by atoms with van der Waals surface area (Å²) in [6, 6.07) is 0.0985.